The molecule has 0 radical (unpaired) electrons. The molecule has 1 aromatic rings. The number of halogens is 2. The van der Waals surface area contributed by atoms with E-state index in [1.807, 2.05) is 0 Å². The standard InChI is InChI=1S/C11H17BrN2.ClH/c1-8-4-5-9(7-10(8)12)11(14)3-2-6-13;/h4-5,7,11H,2-3,6,13-14H2,1H3;1H/t11-;/m0./s1. The Morgan fingerprint density at radius 3 is 2.60 bits per heavy atom. The van der Waals surface area contributed by atoms with E-state index in [0.717, 1.165) is 17.3 Å². The molecule has 0 aromatic heterocycles. The highest BCUT2D eigenvalue weighted by molar-refractivity contribution is 9.10. The van der Waals surface area contributed by atoms with E-state index in [1.165, 1.54) is 11.1 Å². The predicted octanol–water partition coefficient (Wildman–Crippen LogP) is 2.92. The maximum atomic E-state index is 6.02. The first-order chi connectivity index (χ1) is 6.65. The van der Waals surface area contributed by atoms with Gasteiger partial charge in [0, 0.05) is 10.5 Å². The molecule has 0 saturated carbocycles. The number of rotatable bonds is 4. The monoisotopic (exact) mass is 292 g/mol. The number of aryl methyl sites for hydroxylation is 1. The Bertz CT molecular complexity index is 305. The van der Waals surface area contributed by atoms with E-state index in [2.05, 4.69) is 41.1 Å². The van der Waals surface area contributed by atoms with Gasteiger partial charge < -0.3 is 11.5 Å². The first-order valence-electron chi connectivity index (χ1n) is 4.87. The largest absolute Gasteiger partial charge is 0.330 e. The zero-order valence-electron chi connectivity index (χ0n) is 8.87. The van der Waals surface area contributed by atoms with Crippen LogP contribution in [-0.4, -0.2) is 6.54 Å². The highest BCUT2D eigenvalue weighted by atomic mass is 79.9. The average molecular weight is 294 g/mol. The highest BCUT2D eigenvalue weighted by Crippen LogP contribution is 2.22. The fourth-order valence-electron chi connectivity index (χ4n) is 1.34. The Hall–Kier alpha value is -0.0900. The Balaban J connectivity index is 0.00000196. The summed E-state index contributed by atoms with van der Waals surface area (Å²) in [5.74, 6) is 0. The third-order valence-electron chi connectivity index (χ3n) is 2.34. The van der Waals surface area contributed by atoms with E-state index in [-0.39, 0.29) is 18.4 Å². The minimum absolute atomic E-state index is 0. The summed E-state index contributed by atoms with van der Waals surface area (Å²) in [5.41, 5.74) is 13.9. The van der Waals surface area contributed by atoms with Gasteiger partial charge in [0.2, 0.25) is 0 Å². The van der Waals surface area contributed by atoms with Crippen LogP contribution in [0.1, 0.15) is 30.0 Å². The maximum Gasteiger partial charge on any atom is 0.0295 e. The van der Waals surface area contributed by atoms with Crippen LogP contribution in [0.2, 0.25) is 0 Å². The van der Waals surface area contributed by atoms with Crippen molar-refractivity contribution in [1.82, 2.24) is 0 Å². The molecule has 1 atom stereocenters. The number of hydrogen-bond acceptors (Lipinski definition) is 2. The Kier molecular flexibility index (Phi) is 7.18. The second kappa shape index (κ2) is 7.23. The second-order valence-electron chi connectivity index (χ2n) is 3.55. The normalized spacial score (nSPS) is 12.0. The van der Waals surface area contributed by atoms with Crippen LogP contribution < -0.4 is 11.5 Å². The maximum absolute atomic E-state index is 6.02. The molecule has 1 aromatic carbocycles. The van der Waals surface area contributed by atoms with Gasteiger partial charge in [-0.1, -0.05) is 28.1 Å². The van der Waals surface area contributed by atoms with Gasteiger partial charge in [-0.3, -0.25) is 0 Å². The van der Waals surface area contributed by atoms with Crippen molar-refractivity contribution >= 4 is 28.3 Å². The quantitative estimate of drug-likeness (QED) is 0.897. The molecular weight excluding hydrogens is 275 g/mol. The van der Waals surface area contributed by atoms with E-state index in [0.29, 0.717) is 6.54 Å². The topological polar surface area (TPSA) is 52.0 Å². The van der Waals surface area contributed by atoms with Crippen molar-refractivity contribution in [3.8, 4) is 0 Å². The summed E-state index contributed by atoms with van der Waals surface area (Å²) in [6.07, 6.45) is 1.93. The van der Waals surface area contributed by atoms with Crippen LogP contribution in [0.25, 0.3) is 0 Å². The molecule has 86 valence electrons. The summed E-state index contributed by atoms with van der Waals surface area (Å²) in [6, 6.07) is 6.37. The molecule has 1 rings (SSSR count). The van der Waals surface area contributed by atoms with Gasteiger partial charge in [0.1, 0.15) is 0 Å². The molecule has 0 unspecified atom stereocenters. The molecule has 0 saturated heterocycles. The van der Waals surface area contributed by atoms with Gasteiger partial charge in [-0.2, -0.15) is 0 Å². The van der Waals surface area contributed by atoms with Crippen molar-refractivity contribution in [3.63, 3.8) is 0 Å². The molecule has 0 aliphatic rings. The molecule has 0 spiro atoms. The Morgan fingerprint density at radius 2 is 2.07 bits per heavy atom. The molecule has 0 aliphatic heterocycles. The van der Waals surface area contributed by atoms with Crippen LogP contribution in [-0.2, 0) is 0 Å². The van der Waals surface area contributed by atoms with Crippen molar-refractivity contribution in [3.05, 3.63) is 33.8 Å². The first-order valence-corrected chi connectivity index (χ1v) is 5.66. The van der Waals surface area contributed by atoms with Gasteiger partial charge >= 0.3 is 0 Å². The molecule has 4 heteroatoms. The van der Waals surface area contributed by atoms with Crippen molar-refractivity contribution < 1.29 is 0 Å². The number of hydrogen-bond donors (Lipinski definition) is 2. The smallest absolute Gasteiger partial charge is 0.0295 e. The lowest BCUT2D eigenvalue weighted by Gasteiger charge is -2.12. The fourth-order valence-corrected chi connectivity index (χ4v) is 1.74. The van der Waals surface area contributed by atoms with Crippen LogP contribution >= 0.6 is 28.3 Å². The van der Waals surface area contributed by atoms with E-state index in [1.54, 1.807) is 0 Å². The lowest BCUT2D eigenvalue weighted by Crippen LogP contribution is -2.12. The summed E-state index contributed by atoms with van der Waals surface area (Å²) in [4.78, 5) is 0. The summed E-state index contributed by atoms with van der Waals surface area (Å²) < 4.78 is 1.12. The predicted molar refractivity (Wildman–Crippen MR) is 71.3 cm³/mol. The van der Waals surface area contributed by atoms with Crippen LogP contribution in [0.5, 0.6) is 0 Å². The van der Waals surface area contributed by atoms with Crippen LogP contribution in [0.15, 0.2) is 22.7 Å². The van der Waals surface area contributed by atoms with Gasteiger partial charge in [-0.15, -0.1) is 12.4 Å². The second-order valence-corrected chi connectivity index (χ2v) is 4.40. The van der Waals surface area contributed by atoms with E-state index in [4.69, 9.17) is 11.5 Å². The molecule has 0 aliphatic carbocycles. The molecule has 0 bridgehead atoms. The molecular formula is C11H18BrClN2. The average Bonchev–Trinajstić information content (AvgIpc) is 2.18. The molecule has 0 fully saturated rings. The summed E-state index contributed by atoms with van der Waals surface area (Å²) >= 11 is 3.50. The third-order valence-corrected chi connectivity index (χ3v) is 3.20. The Morgan fingerprint density at radius 1 is 1.40 bits per heavy atom. The van der Waals surface area contributed by atoms with Crippen molar-refractivity contribution in [2.45, 2.75) is 25.8 Å². The van der Waals surface area contributed by atoms with Gasteiger partial charge in [0.15, 0.2) is 0 Å². The van der Waals surface area contributed by atoms with Gasteiger partial charge in [-0.25, -0.2) is 0 Å². The van der Waals surface area contributed by atoms with Crippen molar-refractivity contribution in [2.75, 3.05) is 6.54 Å². The Labute approximate surface area is 106 Å². The van der Waals surface area contributed by atoms with E-state index in [9.17, 15) is 0 Å². The molecule has 0 heterocycles. The van der Waals surface area contributed by atoms with Crippen molar-refractivity contribution in [1.29, 1.82) is 0 Å². The number of benzene rings is 1. The number of nitrogens with two attached hydrogens (primary N) is 2. The summed E-state index contributed by atoms with van der Waals surface area (Å²) in [7, 11) is 0. The first kappa shape index (κ1) is 14.9. The molecule has 4 N–H and O–H groups in total. The molecule has 0 amide bonds. The molecule has 15 heavy (non-hydrogen) atoms. The highest BCUT2D eigenvalue weighted by Gasteiger charge is 2.06. The minimum Gasteiger partial charge on any atom is -0.330 e. The van der Waals surface area contributed by atoms with E-state index < -0.39 is 0 Å². The lowest BCUT2D eigenvalue weighted by atomic mass is 10.0. The summed E-state index contributed by atoms with van der Waals surface area (Å²) in [5, 5.41) is 0. The van der Waals surface area contributed by atoms with Crippen LogP contribution in [0, 0.1) is 6.92 Å². The van der Waals surface area contributed by atoms with Gasteiger partial charge in [0.25, 0.3) is 0 Å². The van der Waals surface area contributed by atoms with E-state index >= 15 is 0 Å². The van der Waals surface area contributed by atoms with Crippen LogP contribution in [0.3, 0.4) is 0 Å². The van der Waals surface area contributed by atoms with Crippen LogP contribution in [0.4, 0.5) is 0 Å². The molecule has 2 nitrogen and oxygen atoms in total. The zero-order chi connectivity index (χ0) is 10.6. The SMILES string of the molecule is Cc1ccc([C@@H](N)CCCN)cc1Br.Cl. The van der Waals surface area contributed by atoms with Crippen molar-refractivity contribution in [2.24, 2.45) is 11.5 Å². The summed E-state index contributed by atoms with van der Waals surface area (Å²) in [6.45, 7) is 2.78. The van der Waals surface area contributed by atoms with Gasteiger partial charge in [-0.05, 0) is 43.5 Å². The lowest BCUT2D eigenvalue weighted by molar-refractivity contribution is 0.617. The minimum atomic E-state index is 0. The fraction of sp³-hybridized carbons (Fsp3) is 0.455. The van der Waals surface area contributed by atoms with Gasteiger partial charge in [0.05, 0.1) is 0 Å². The zero-order valence-corrected chi connectivity index (χ0v) is 11.3. The third kappa shape index (κ3) is 4.51.